The van der Waals surface area contributed by atoms with Crippen LogP contribution in [0.4, 0.5) is 57.3 Å². The van der Waals surface area contributed by atoms with E-state index in [1.54, 1.807) is 57.2 Å². The minimum atomic E-state index is -1.06. The molecule has 0 spiro atoms. The van der Waals surface area contributed by atoms with Crippen LogP contribution in [-0.4, -0.2) is 149 Å². The number of carbonyl (C=O) groups excluding carboxylic acids is 2. The first kappa shape index (κ1) is 85.2. The molecule has 4 saturated heterocycles. The molecule has 120 heavy (non-hydrogen) atoms. The summed E-state index contributed by atoms with van der Waals surface area (Å²) in [6.07, 6.45) is 19.8. The number of piperidine rings is 4. The second-order valence-electron chi connectivity index (χ2n) is 34.3. The minimum absolute atomic E-state index is 0. The SMILES string of the molecule is Cc1ccc(N2CCC[C@H](N(Cc3ccnc(C)c3)Cc3cn(C4CC4)c4cc(N5CCC[C@H](N(Cc6ccc(NC(=O)OC(C)(C)C)cc6)C(=O)O)C5)c(F)cc4c3=O)C2)cn1.Cc1ccc(N2CCC[C@H](N(Cc3ccnc(C)c3)Cc3cn(C4CC4)c4cc(N5CCC[C@H](OC(=O)NCc6ccc(N)cc6)C5)c(F)cc4c3=O)C2)cn1.Cl. The zero-order chi connectivity index (χ0) is 83.2. The number of fused-ring (bicyclic) bond motifs is 2. The topological polar surface area (TPSA) is 258 Å². The number of hydrogen-bond acceptors (Lipinski definition) is 18. The van der Waals surface area contributed by atoms with Gasteiger partial charge in [0.1, 0.15) is 23.3 Å². The number of nitrogens with zero attached hydrogens (tertiary/aromatic N) is 13. The first-order chi connectivity index (χ1) is 57.3. The van der Waals surface area contributed by atoms with Crippen LogP contribution in [0.3, 0.4) is 0 Å². The summed E-state index contributed by atoms with van der Waals surface area (Å²) >= 11 is 0. The number of aromatic nitrogens is 6. The Kier molecular flexibility index (Phi) is 26.7. The lowest BCUT2D eigenvalue weighted by molar-refractivity contribution is 0.0635. The number of nitrogens with two attached hydrogens (primary N) is 1. The Bertz CT molecular complexity index is 5420. The Morgan fingerprint density at radius 1 is 0.517 bits per heavy atom. The van der Waals surface area contributed by atoms with Crippen LogP contribution >= 0.6 is 12.4 Å². The second kappa shape index (κ2) is 37.6. The predicted molar refractivity (Wildman–Crippen MR) is 469 cm³/mol. The number of anilines is 6. The van der Waals surface area contributed by atoms with Crippen LogP contribution in [-0.2, 0) is 48.7 Å². The first-order valence-electron chi connectivity index (χ1n) is 42.1. The molecule has 6 aliphatic rings. The number of alkyl carbamates (subject to hydrolysis) is 1. The molecule has 3 amide bonds. The van der Waals surface area contributed by atoms with E-state index in [0.29, 0.717) is 128 Å². The highest BCUT2D eigenvalue weighted by atomic mass is 35.5. The molecule has 6 aromatic heterocycles. The lowest BCUT2D eigenvalue weighted by atomic mass is 10.0. The number of pyridine rings is 6. The van der Waals surface area contributed by atoms with Crippen molar-refractivity contribution in [1.82, 2.24) is 49.1 Å². The summed E-state index contributed by atoms with van der Waals surface area (Å²) in [6.45, 7) is 21.3. The fourth-order valence-corrected chi connectivity index (χ4v) is 17.4. The Hall–Kier alpha value is -11.2. The monoisotopic (exact) mass is 1650 g/mol. The molecule has 632 valence electrons. The molecule has 10 aromatic rings. The van der Waals surface area contributed by atoms with Crippen LogP contribution in [0.2, 0.25) is 0 Å². The molecule has 0 radical (unpaired) electrons. The first-order valence-corrected chi connectivity index (χ1v) is 42.1. The summed E-state index contributed by atoms with van der Waals surface area (Å²) in [7, 11) is 0. The van der Waals surface area contributed by atoms with Gasteiger partial charge in [-0.25, -0.2) is 23.2 Å². The van der Waals surface area contributed by atoms with Crippen LogP contribution in [0.15, 0.2) is 168 Å². The number of benzene rings is 4. The van der Waals surface area contributed by atoms with Gasteiger partial charge in [0, 0.05) is 190 Å². The van der Waals surface area contributed by atoms with Gasteiger partial charge in [-0.1, -0.05) is 24.3 Å². The van der Waals surface area contributed by atoms with Gasteiger partial charge in [0.05, 0.1) is 58.8 Å². The molecule has 2 aliphatic carbocycles. The summed E-state index contributed by atoms with van der Waals surface area (Å²) in [5.41, 5.74) is 19.6. The molecule has 5 N–H and O–H groups in total. The van der Waals surface area contributed by atoms with E-state index in [4.69, 9.17) is 15.2 Å². The lowest BCUT2D eigenvalue weighted by Crippen LogP contribution is -2.49. The molecule has 4 aliphatic heterocycles. The third-order valence-corrected chi connectivity index (χ3v) is 23.8. The van der Waals surface area contributed by atoms with E-state index >= 15 is 8.78 Å². The summed E-state index contributed by atoms with van der Waals surface area (Å²) < 4.78 is 48.3. The number of nitrogen functional groups attached to an aromatic ring is 1. The van der Waals surface area contributed by atoms with Crippen molar-refractivity contribution in [3.8, 4) is 0 Å². The van der Waals surface area contributed by atoms with Gasteiger partial charge in [0.25, 0.3) is 0 Å². The lowest BCUT2D eigenvalue weighted by Gasteiger charge is -2.40. The number of aryl methyl sites for hydroxylation is 4. The summed E-state index contributed by atoms with van der Waals surface area (Å²) in [6, 6.07) is 37.9. The highest BCUT2D eigenvalue weighted by molar-refractivity contribution is 5.87. The number of hydrogen-bond donors (Lipinski definition) is 4. The smallest absolute Gasteiger partial charge is 0.412 e. The van der Waals surface area contributed by atoms with E-state index in [1.807, 2.05) is 111 Å². The van der Waals surface area contributed by atoms with Gasteiger partial charge < -0.3 is 54.4 Å². The Morgan fingerprint density at radius 3 is 1.45 bits per heavy atom. The average molecular weight is 1650 g/mol. The normalized spacial score (nSPS) is 18.3. The van der Waals surface area contributed by atoms with Crippen molar-refractivity contribution < 1.29 is 37.7 Å². The Labute approximate surface area is 706 Å². The summed E-state index contributed by atoms with van der Waals surface area (Å²) in [5, 5.41) is 16.7. The van der Waals surface area contributed by atoms with Crippen LogP contribution < -0.4 is 46.8 Å². The summed E-state index contributed by atoms with van der Waals surface area (Å²) in [5.74, 6) is -0.935. The highest BCUT2D eigenvalue weighted by Gasteiger charge is 2.36. The molecule has 0 unspecified atom stereocenters. The zero-order valence-corrected chi connectivity index (χ0v) is 70.5. The maximum Gasteiger partial charge on any atom is 0.412 e. The number of carbonyl (C=O) groups is 3. The molecular formula is C93H111ClF2N16O8. The molecule has 24 nitrogen and oxygen atoms in total. The van der Waals surface area contributed by atoms with Crippen molar-refractivity contribution >= 4 is 86.6 Å². The molecule has 6 fully saturated rings. The van der Waals surface area contributed by atoms with E-state index < -0.39 is 47.7 Å². The van der Waals surface area contributed by atoms with Gasteiger partial charge in [-0.05, 0) is 245 Å². The largest absolute Gasteiger partial charge is 0.465 e. The molecule has 0 bridgehead atoms. The fraction of sp³-hybridized carbons (Fsp3) is 0.430. The number of halogens is 3. The highest BCUT2D eigenvalue weighted by Crippen LogP contribution is 2.42. The zero-order valence-electron chi connectivity index (χ0n) is 69.7. The summed E-state index contributed by atoms with van der Waals surface area (Å²) in [4.78, 5) is 99.6. The number of nitrogens with one attached hydrogen (secondary N) is 2. The minimum Gasteiger partial charge on any atom is -0.465 e. The van der Waals surface area contributed by atoms with Crippen molar-refractivity contribution in [2.24, 2.45) is 0 Å². The van der Waals surface area contributed by atoms with Crippen LogP contribution in [0.5, 0.6) is 0 Å². The van der Waals surface area contributed by atoms with Gasteiger partial charge in [-0.2, -0.15) is 0 Å². The van der Waals surface area contributed by atoms with Crippen LogP contribution in [0.1, 0.15) is 166 Å². The molecule has 2 saturated carbocycles. The fourth-order valence-electron chi connectivity index (χ4n) is 17.4. The van der Waals surface area contributed by atoms with E-state index in [-0.39, 0.29) is 54.0 Å². The van der Waals surface area contributed by atoms with Crippen LogP contribution in [0, 0.1) is 39.3 Å². The number of rotatable bonds is 23. The molecule has 10 heterocycles. The van der Waals surface area contributed by atoms with E-state index in [1.165, 1.54) is 17.0 Å². The number of ether oxygens (including phenoxy) is 2. The number of carboxylic acid groups (broad SMARTS) is 1. The average Bonchev–Trinajstić information content (AvgIpc) is 1.48. The van der Waals surface area contributed by atoms with Crippen molar-refractivity contribution in [3.63, 3.8) is 0 Å². The van der Waals surface area contributed by atoms with Crippen molar-refractivity contribution in [2.75, 3.05) is 83.0 Å². The van der Waals surface area contributed by atoms with E-state index in [9.17, 15) is 29.1 Å². The van der Waals surface area contributed by atoms with Crippen molar-refractivity contribution in [1.29, 1.82) is 0 Å². The third-order valence-electron chi connectivity index (χ3n) is 23.8. The van der Waals surface area contributed by atoms with Gasteiger partial charge in [-0.15, -0.1) is 12.4 Å². The third kappa shape index (κ3) is 21.3. The molecule has 4 atom stereocenters. The molecule has 27 heteroatoms. The standard InChI is InChI=1S/C49H59FN8O5.C44H51FN8O3.ClH/c1-32-10-15-39(25-52-32)54-20-6-8-40(30-54)56(26-35-18-19-51-33(2)22-35)28-36-29-57(38-16-17-38)44-24-45(43(50)23-42(44)46(36)59)55-21-7-9-41(31-55)58(48(61)62)27-34-11-13-37(14-12-34)53-47(60)63-49(3,4)5;1-29-7-12-36(23-48-29)50-17-3-5-37(27-50)52(24-32-15-16-47-30(2)19-32)25-33-26-53(35-13-14-35)41-21-42(40(45)20-39(41)43(33)54)51-18-4-6-38(28-51)56-44(55)49-22-31-8-10-34(46)11-9-31;/h10-15,18-19,22-25,29,38,40-41H,6-9,16-17,20-21,26-28,30-31H2,1-5H3,(H,53,60)(H,61,62);7-12,15-16,19-21,23,26,35,37-38H,3-6,13-14,17-18,22,24-25,27-28,46H2,1-2H3,(H,49,55);1H/t40-,41-;37-,38-;/m00./s1. The quantitative estimate of drug-likeness (QED) is 0.0434. The van der Waals surface area contributed by atoms with Crippen molar-refractivity contribution in [3.05, 3.63) is 247 Å². The second-order valence-corrected chi connectivity index (χ2v) is 34.3. The molecule has 16 rings (SSSR count). The van der Waals surface area contributed by atoms with Gasteiger partial charge in [0.15, 0.2) is 10.9 Å². The molecular weight excluding hydrogens is 1540 g/mol. The van der Waals surface area contributed by atoms with E-state index in [2.05, 4.69) is 95.7 Å². The van der Waals surface area contributed by atoms with Gasteiger partial charge in [0.2, 0.25) is 0 Å². The van der Waals surface area contributed by atoms with E-state index in [0.717, 1.165) is 146 Å². The number of amides is 3. The molecule has 4 aromatic carbocycles. The van der Waals surface area contributed by atoms with Gasteiger partial charge >= 0.3 is 18.3 Å². The maximum absolute atomic E-state index is 16.5. The Balaban J connectivity index is 0.000000196. The Morgan fingerprint density at radius 2 is 0.983 bits per heavy atom. The van der Waals surface area contributed by atoms with Crippen LogP contribution in [0.25, 0.3) is 21.8 Å². The van der Waals surface area contributed by atoms with Gasteiger partial charge in [-0.3, -0.25) is 49.5 Å². The maximum atomic E-state index is 16.5. The predicted octanol–water partition coefficient (Wildman–Crippen LogP) is 16.5. The van der Waals surface area contributed by atoms with Crippen molar-refractivity contribution in [2.45, 2.75) is 207 Å².